The lowest BCUT2D eigenvalue weighted by atomic mass is 9.98. The van der Waals surface area contributed by atoms with Gasteiger partial charge in [0.2, 0.25) is 15.9 Å². The maximum Gasteiger partial charge on any atom is 0.309 e. The summed E-state index contributed by atoms with van der Waals surface area (Å²) in [7, 11) is -2.09. The third-order valence-electron chi connectivity index (χ3n) is 5.91. The molecule has 1 saturated heterocycles. The number of piperidine rings is 1. The van der Waals surface area contributed by atoms with Gasteiger partial charge in [-0.25, -0.2) is 8.42 Å². The van der Waals surface area contributed by atoms with E-state index < -0.39 is 10.0 Å². The monoisotopic (exact) mass is 488 g/mol. The Morgan fingerprint density at radius 3 is 2.29 bits per heavy atom. The van der Waals surface area contributed by atoms with Gasteiger partial charge in [0.15, 0.2) is 0 Å². The van der Waals surface area contributed by atoms with Crippen LogP contribution in [0.4, 0.5) is 0 Å². The quantitative estimate of drug-likeness (QED) is 0.408. The van der Waals surface area contributed by atoms with Gasteiger partial charge >= 0.3 is 5.97 Å². The van der Waals surface area contributed by atoms with E-state index in [-0.39, 0.29) is 48.9 Å². The van der Waals surface area contributed by atoms with Crippen LogP contribution in [0.15, 0.2) is 53.4 Å². The van der Waals surface area contributed by atoms with E-state index in [0.717, 1.165) is 5.56 Å². The molecule has 0 saturated carbocycles. The summed E-state index contributed by atoms with van der Waals surface area (Å²) in [4.78, 5) is 24.6. The van der Waals surface area contributed by atoms with Gasteiger partial charge in [0, 0.05) is 19.5 Å². The highest BCUT2D eigenvalue weighted by molar-refractivity contribution is 7.89. The number of hydrogen-bond donors (Lipinski definition) is 1. The summed E-state index contributed by atoms with van der Waals surface area (Å²) in [5.74, 6) is -0.202. The Hall–Kier alpha value is -2.91. The van der Waals surface area contributed by atoms with Crippen LogP contribution in [0.5, 0.6) is 5.75 Å². The number of sulfonamides is 1. The molecule has 0 aliphatic carbocycles. The third kappa shape index (κ3) is 7.04. The maximum atomic E-state index is 12.8. The van der Waals surface area contributed by atoms with Crippen molar-refractivity contribution in [2.75, 3.05) is 33.4 Å². The highest BCUT2D eigenvalue weighted by atomic mass is 32.2. The molecule has 0 radical (unpaired) electrons. The smallest absolute Gasteiger partial charge is 0.309 e. The zero-order valence-electron chi connectivity index (χ0n) is 19.7. The molecule has 1 aliphatic rings. The number of aryl methyl sites for hydroxylation is 2. The fraction of sp³-hybridized carbons (Fsp3) is 0.440. The molecule has 1 fully saturated rings. The largest absolute Gasteiger partial charge is 0.497 e. The minimum atomic E-state index is -3.62. The number of rotatable bonds is 10. The number of esters is 1. The van der Waals surface area contributed by atoms with Crippen LogP contribution in [-0.4, -0.2) is 58.0 Å². The third-order valence-corrected chi connectivity index (χ3v) is 7.83. The topological polar surface area (TPSA) is 102 Å². The van der Waals surface area contributed by atoms with Crippen molar-refractivity contribution in [3.8, 4) is 5.75 Å². The number of methoxy groups -OCH3 is 1. The number of hydrogen-bond acceptors (Lipinski definition) is 6. The lowest BCUT2D eigenvalue weighted by molar-refractivity contribution is -0.150. The second-order valence-electron chi connectivity index (χ2n) is 8.36. The fourth-order valence-electron chi connectivity index (χ4n) is 3.79. The van der Waals surface area contributed by atoms with Gasteiger partial charge in [0.05, 0.1) is 24.5 Å². The van der Waals surface area contributed by atoms with E-state index in [2.05, 4.69) is 5.32 Å². The van der Waals surface area contributed by atoms with Gasteiger partial charge in [0.25, 0.3) is 0 Å². The molecule has 2 aromatic carbocycles. The van der Waals surface area contributed by atoms with Gasteiger partial charge in [-0.05, 0) is 56.0 Å². The number of benzene rings is 2. The van der Waals surface area contributed by atoms with Crippen molar-refractivity contribution in [1.29, 1.82) is 0 Å². The van der Waals surface area contributed by atoms with E-state index in [1.807, 2.05) is 31.2 Å². The fourth-order valence-corrected chi connectivity index (χ4v) is 5.26. The number of carbonyl (C=O) groups is 2. The first kappa shape index (κ1) is 25.7. The van der Waals surface area contributed by atoms with Gasteiger partial charge in [-0.3, -0.25) is 9.59 Å². The predicted molar refractivity (Wildman–Crippen MR) is 128 cm³/mol. The number of ether oxygens (including phenoxy) is 2. The Kier molecular flexibility index (Phi) is 9.06. The normalized spacial score (nSPS) is 15.0. The van der Waals surface area contributed by atoms with Crippen LogP contribution in [0, 0.1) is 12.8 Å². The molecule has 8 nitrogen and oxygen atoms in total. The van der Waals surface area contributed by atoms with Crippen LogP contribution in [0.3, 0.4) is 0 Å². The highest BCUT2D eigenvalue weighted by Crippen LogP contribution is 2.25. The molecule has 34 heavy (non-hydrogen) atoms. The average Bonchev–Trinajstić information content (AvgIpc) is 2.86. The van der Waals surface area contributed by atoms with Crippen molar-refractivity contribution in [2.24, 2.45) is 5.92 Å². The van der Waals surface area contributed by atoms with Crippen molar-refractivity contribution in [1.82, 2.24) is 9.62 Å². The Morgan fingerprint density at radius 2 is 1.68 bits per heavy atom. The van der Waals surface area contributed by atoms with Crippen LogP contribution >= 0.6 is 0 Å². The van der Waals surface area contributed by atoms with Crippen LogP contribution < -0.4 is 10.1 Å². The van der Waals surface area contributed by atoms with Crippen molar-refractivity contribution in [2.45, 2.75) is 37.5 Å². The van der Waals surface area contributed by atoms with Gasteiger partial charge in [0.1, 0.15) is 12.4 Å². The van der Waals surface area contributed by atoms with Crippen LogP contribution in [0.2, 0.25) is 0 Å². The molecule has 1 N–H and O–H groups in total. The highest BCUT2D eigenvalue weighted by Gasteiger charge is 2.32. The van der Waals surface area contributed by atoms with Crippen molar-refractivity contribution in [3.05, 3.63) is 59.7 Å². The zero-order chi connectivity index (χ0) is 24.6. The Balaban J connectivity index is 1.35. The van der Waals surface area contributed by atoms with E-state index in [9.17, 15) is 18.0 Å². The zero-order valence-corrected chi connectivity index (χ0v) is 20.5. The molecule has 3 rings (SSSR count). The maximum absolute atomic E-state index is 12.8. The summed E-state index contributed by atoms with van der Waals surface area (Å²) in [6.07, 6.45) is 1.83. The van der Waals surface area contributed by atoms with E-state index in [4.69, 9.17) is 9.47 Å². The Morgan fingerprint density at radius 1 is 1.03 bits per heavy atom. The molecule has 0 bridgehead atoms. The minimum Gasteiger partial charge on any atom is -0.497 e. The van der Waals surface area contributed by atoms with Crippen molar-refractivity contribution in [3.63, 3.8) is 0 Å². The second kappa shape index (κ2) is 12.0. The lowest BCUT2D eigenvalue weighted by Crippen LogP contribution is -2.40. The van der Waals surface area contributed by atoms with Crippen molar-refractivity contribution < 1.29 is 27.5 Å². The summed E-state index contributed by atoms with van der Waals surface area (Å²) < 4.78 is 37.4. The van der Waals surface area contributed by atoms with E-state index in [0.29, 0.717) is 31.4 Å². The molecule has 1 amide bonds. The number of nitrogens with one attached hydrogen (secondary N) is 1. The molecule has 1 heterocycles. The molecule has 1 aliphatic heterocycles. The molecule has 0 aromatic heterocycles. The standard InChI is InChI=1S/C25H32N2O6S/c1-19-3-5-20(6-4-19)7-12-24(28)26-15-18-33-25(29)21-13-16-27(17-14-21)34(30,31)23-10-8-22(32-2)9-11-23/h3-6,8-11,21H,7,12-18H2,1-2H3,(H,26,28). The van der Waals surface area contributed by atoms with Gasteiger partial charge in [-0.1, -0.05) is 29.8 Å². The Bertz CT molecular complexity index is 1060. The number of amides is 1. The van der Waals surface area contributed by atoms with E-state index in [1.54, 1.807) is 12.1 Å². The summed E-state index contributed by atoms with van der Waals surface area (Å²) in [5, 5.41) is 2.76. The molecular weight excluding hydrogens is 456 g/mol. The van der Waals surface area contributed by atoms with Gasteiger partial charge < -0.3 is 14.8 Å². The van der Waals surface area contributed by atoms with Crippen LogP contribution in [-0.2, 0) is 30.8 Å². The van der Waals surface area contributed by atoms with E-state index in [1.165, 1.54) is 29.1 Å². The Labute approximate surface area is 201 Å². The first-order chi connectivity index (χ1) is 16.3. The molecule has 2 aromatic rings. The van der Waals surface area contributed by atoms with Crippen LogP contribution in [0.25, 0.3) is 0 Å². The molecule has 0 unspecified atom stereocenters. The number of carbonyl (C=O) groups excluding carboxylic acids is 2. The molecular formula is C25H32N2O6S. The summed E-state index contributed by atoms with van der Waals surface area (Å²) >= 11 is 0. The van der Waals surface area contributed by atoms with Gasteiger partial charge in [-0.2, -0.15) is 4.31 Å². The molecule has 184 valence electrons. The summed E-state index contributed by atoms with van der Waals surface area (Å²) in [6.45, 7) is 2.88. The lowest BCUT2D eigenvalue weighted by Gasteiger charge is -2.30. The van der Waals surface area contributed by atoms with E-state index >= 15 is 0 Å². The molecule has 9 heteroatoms. The summed E-state index contributed by atoms with van der Waals surface area (Å²) in [6, 6.07) is 14.3. The first-order valence-corrected chi connectivity index (χ1v) is 12.9. The minimum absolute atomic E-state index is 0.0892. The van der Waals surface area contributed by atoms with Gasteiger partial charge in [-0.15, -0.1) is 0 Å². The SMILES string of the molecule is COc1ccc(S(=O)(=O)N2CCC(C(=O)OCCNC(=O)CCc3ccc(C)cc3)CC2)cc1. The van der Waals surface area contributed by atoms with Crippen molar-refractivity contribution >= 4 is 21.9 Å². The summed E-state index contributed by atoms with van der Waals surface area (Å²) in [5.41, 5.74) is 2.28. The second-order valence-corrected chi connectivity index (χ2v) is 10.3. The average molecular weight is 489 g/mol. The molecule has 0 atom stereocenters. The predicted octanol–water partition coefficient (Wildman–Crippen LogP) is 2.70. The first-order valence-electron chi connectivity index (χ1n) is 11.4. The molecule has 0 spiro atoms. The van der Waals surface area contributed by atoms with Crippen LogP contribution in [0.1, 0.15) is 30.4 Å². The number of nitrogens with zero attached hydrogens (tertiary/aromatic N) is 1.